The number of imidazole rings is 1. The molecule has 2 aliphatic rings. The molecule has 2 fully saturated rings. The van der Waals surface area contributed by atoms with Crippen molar-refractivity contribution >= 4 is 23.2 Å². The molecule has 2 saturated carbocycles. The largest absolute Gasteiger partial charge is 0.474 e. The molecule has 2 aromatic heterocycles. The predicted octanol–water partition coefficient (Wildman–Crippen LogP) is 4.14. The lowest BCUT2D eigenvalue weighted by Crippen LogP contribution is -2.28. The van der Waals surface area contributed by atoms with Crippen LogP contribution in [0.3, 0.4) is 0 Å². The Morgan fingerprint density at radius 1 is 1.26 bits per heavy atom. The van der Waals surface area contributed by atoms with E-state index < -0.39 is 17.0 Å². The van der Waals surface area contributed by atoms with Crippen LogP contribution in [0.1, 0.15) is 67.3 Å². The van der Waals surface area contributed by atoms with Crippen molar-refractivity contribution in [3.05, 3.63) is 58.5 Å². The van der Waals surface area contributed by atoms with Crippen LogP contribution in [0.25, 0.3) is 0 Å². The summed E-state index contributed by atoms with van der Waals surface area (Å²) in [6.45, 7) is 3.42. The standard InChI is InChI=1S/C27H33ClFN5O4/c1-26(2,36)13-38-22-10-21(34(4)32-22)27(37)11-16-7-15(8-17(16)12-27)23-24(33(3)14-30-23)25(35)31-18-5-6-20(29)19(28)9-18/h5-6,9-10,14-17,36-37H,7-8,11-13H2,1-4H3,(H,31,35)/t15?,16-,17?,27?/m0/s1. The summed E-state index contributed by atoms with van der Waals surface area (Å²) in [5.74, 6) is 0.131. The van der Waals surface area contributed by atoms with Gasteiger partial charge in [-0.3, -0.25) is 9.48 Å². The number of nitrogens with zero attached hydrogens (tertiary/aromatic N) is 4. The summed E-state index contributed by atoms with van der Waals surface area (Å²) in [7, 11) is 3.56. The Morgan fingerprint density at radius 2 is 1.95 bits per heavy atom. The van der Waals surface area contributed by atoms with E-state index in [9.17, 15) is 19.4 Å². The molecule has 3 aromatic rings. The number of aryl methyl sites for hydroxylation is 2. The molecule has 38 heavy (non-hydrogen) atoms. The third kappa shape index (κ3) is 5.17. The van der Waals surface area contributed by atoms with Crippen molar-refractivity contribution in [3.63, 3.8) is 0 Å². The Bertz CT molecular complexity index is 1350. The molecule has 0 saturated heterocycles. The summed E-state index contributed by atoms with van der Waals surface area (Å²) in [6, 6.07) is 5.82. The number of halogens is 2. The zero-order valence-corrected chi connectivity index (χ0v) is 22.7. The van der Waals surface area contributed by atoms with Crippen LogP contribution < -0.4 is 10.1 Å². The topological polar surface area (TPSA) is 114 Å². The Kier molecular flexibility index (Phi) is 6.77. The molecule has 4 atom stereocenters. The molecule has 1 aromatic carbocycles. The molecule has 0 bridgehead atoms. The molecule has 2 aliphatic carbocycles. The number of carbonyl (C=O) groups excluding carboxylic acids is 1. The van der Waals surface area contributed by atoms with Gasteiger partial charge in [-0.15, -0.1) is 5.10 Å². The lowest BCUT2D eigenvalue weighted by atomic mass is 9.90. The van der Waals surface area contributed by atoms with E-state index in [0.29, 0.717) is 35.8 Å². The van der Waals surface area contributed by atoms with Gasteiger partial charge in [0.05, 0.1) is 28.3 Å². The van der Waals surface area contributed by atoms with E-state index >= 15 is 0 Å². The zero-order valence-electron chi connectivity index (χ0n) is 21.9. The first-order chi connectivity index (χ1) is 17.8. The Hall–Kier alpha value is -2.95. The van der Waals surface area contributed by atoms with Crippen LogP contribution in [-0.2, 0) is 19.7 Å². The molecule has 204 valence electrons. The molecule has 1 amide bonds. The fourth-order valence-corrected chi connectivity index (χ4v) is 6.26. The second-order valence-corrected chi connectivity index (χ2v) is 11.8. The van der Waals surface area contributed by atoms with Crippen LogP contribution >= 0.6 is 11.6 Å². The minimum atomic E-state index is -1.02. The summed E-state index contributed by atoms with van der Waals surface area (Å²) in [5.41, 5.74) is 0.296. The monoisotopic (exact) mass is 545 g/mol. The van der Waals surface area contributed by atoms with Crippen LogP contribution in [-0.4, -0.2) is 47.7 Å². The van der Waals surface area contributed by atoms with Gasteiger partial charge in [0.15, 0.2) is 0 Å². The van der Waals surface area contributed by atoms with Gasteiger partial charge in [0.1, 0.15) is 23.7 Å². The number of rotatable bonds is 7. The molecule has 5 rings (SSSR count). The van der Waals surface area contributed by atoms with Crippen molar-refractivity contribution in [2.75, 3.05) is 11.9 Å². The second kappa shape index (κ2) is 9.66. The van der Waals surface area contributed by atoms with E-state index in [1.54, 1.807) is 49.6 Å². The highest BCUT2D eigenvalue weighted by Crippen LogP contribution is 2.57. The number of hydrogen-bond donors (Lipinski definition) is 3. The van der Waals surface area contributed by atoms with Gasteiger partial charge in [0.2, 0.25) is 5.88 Å². The van der Waals surface area contributed by atoms with Gasteiger partial charge in [-0.05, 0) is 69.6 Å². The quantitative estimate of drug-likeness (QED) is 0.411. The summed E-state index contributed by atoms with van der Waals surface area (Å²) < 4.78 is 22.5. The van der Waals surface area contributed by atoms with Crippen LogP contribution in [0.2, 0.25) is 5.02 Å². The summed E-state index contributed by atoms with van der Waals surface area (Å²) in [6.07, 6.45) is 4.43. The second-order valence-electron chi connectivity index (χ2n) is 11.4. The normalized spacial score (nSPS) is 25.0. The molecule has 3 unspecified atom stereocenters. The highest BCUT2D eigenvalue weighted by molar-refractivity contribution is 6.31. The summed E-state index contributed by atoms with van der Waals surface area (Å²) in [4.78, 5) is 17.7. The average molecular weight is 546 g/mol. The predicted molar refractivity (Wildman–Crippen MR) is 140 cm³/mol. The number of fused-ring (bicyclic) bond motifs is 1. The molecular weight excluding hydrogens is 513 g/mol. The maximum Gasteiger partial charge on any atom is 0.274 e. The summed E-state index contributed by atoms with van der Waals surface area (Å²) >= 11 is 5.87. The lowest BCUT2D eigenvalue weighted by Gasteiger charge is -2.24. The molecule has 0 spiro atoms. The van der Waals surface area contributed by atoms with Crippen LogP contribution in [0.15, 0.2) is 30.6 Å². The van der Waals surface area contributed by atoms with Gasteiger partial charge in [0, 0.05) is 31.8 Å². The third-order valence-corrected chi connectivity index (χ3v) is 7.98. The number of aliphatic hydroxyl groups is 2. The molecule has 11 heteroatoms. The smallest absolute Gasteiger partial charge is 0.274 e. The van der Waals surface area contributed by atoms with Gasteiger partial charge >= 0.3 is 0 Å². The number of anilines is 1. The zero-order chi connectivity index (χ0) is 27.4. The number of amides is 1. The summed E-state index contributed by atoms with van der Waals surface area (Å²) in [5, 5.41) is 28.7. The molecule has 9 nitrogen and oxygen atoms in total. The maximum atomic E-state index is 13.5. The Morgan fingerprint density at radius 3 is 2.58 bits per heavy atom. The highest BCUT2D eigenvalue weighted by Gasteiger charge is 2.51. The van der Waals surface area contributed by atoms with Gasteiger partial charge in [-0.1, -0.05) is 11.6 Å². The van der Waals surface area contributed by atoms with E-state index in [1.807, 2.05) is 0 Å². The minimum Gasteiger partial charge on any atom is -0.474 e. The first kappa shape index (κ1) is 26.6. The first-order valence-corrected chi connectivity index (χ1v) is 13.1. The van der Waals surface area contributed by atoms with Crippen LogP contribution in [0, 0.1) is 17.7 Å². The Balaban J connectivity index is 1.28. The van der Waals surface area contributed by atoms with Gasteiger partial charge < -0.3 is 24.8 Å². The lowest BCUT2D eigenvalue weighted by molar-refractivity contribution is 0.0261. The molecule has 2 heterocycles. The van der Waals surface area contributed by atoms with E-state index in [2.05, 4.69) is 15.4 Å². The van der Waals surface area contributed by atoms with E-state index in [0.717, 1.165) is 18.5 Å². The number of nitrogens with one attached hydrogen (secondary N) is 1. The number of aromatic nitrogens is 4. The van der Waals surface area contributed by atoms with Crippen molar-refractivity contribution < 1.29 is 24.1 Å². The molecule has 3 N–H and O–H groups in total. The van der Waals surface area contributed by atoms with Crippen molar-refractivity contribution in [3.8, 4) is 5.88 Å². The molecule has 0 aliphatic heterocycles. The SMILES string of the molecule is Cn1cnc(C2CC3CC(O)(c4cc(OCC(C)(C)O)nn4C)C[C@@H]3C2)c1C(=O)Nc1ccc(F)c(Cl)c1. The van der Waals surface area contributed by atoms with Gasteiger partial charge in [-0.2, -0.15) is 0 Å². The number of ether oxygens (including phenoxy) is 1. The van der Waals surface area contributed by atoms with Crippen molar-refractivity contribution in [1.29, 1.82) is 0 Å². The highest BCUT2D eigenvalue weighted by atomic mass is 35.5. The third-order valence-electron chi connectivity index (χ3n) is 7.69. The number of benzene rings is 1. The van der Waals surface area contributed by atoms with E-state index in [4.69, 9.17) is 16.3 Å². The van der Waals surface area contributed by atoms with Crippen molar-refractivity contribution in [1.82, 2.24) is 19.3 Å². The van der Waals surface area contributed by atoms with Crippen LogP contribution in [0.4, 0.5) is 10.1 Å². The molecular formula is C27H33ClFN5O4. The van der Waals surface area contributed by atoms with Gasteiger partial charge in [-0.25, -0.2) is 9.37 Å². The van der Waals surface area contributed by atoms with Crippen LogP contribution in [0.5, 0.6) is 5.88 Å². The van der Waals surface area contributed by atoms with E-state index in [-0.39, 0.29) is 35.3 Å². The minimum absolute atomic E-state index is 0.0616. The first-order valence-electron chi connectivity index (χ1n) is 12.7. The fraction of sp³-hybridized carbons (Fsp3) is 0.519. The number of carbonyl (C=O) groups is 1. The van der Waals surface area contributed by atoms with Gasteiger partial charge in [0.25, 0.3) is 5.91 Å². The van der Waals surface area contributed by atoms with Crippen molar-refractivity contribution in [2.24, 2.45) is 25.9 Å². The van der Waals surface area contributed by atoms with Crippen molar-refractivity contribution in [2.45, 2.75) is 56.7 Å². The fourth-order valence-electron chi connectivity index (χ4n) is 6.08. The average Bonchev–Trinajstić information content (AvgIpc) is 3.56. The number of hydrogen-bond acceptors (Lipinski definition) is 6. The Labute approximate surface area is 225 Å². The van der Waals surface area contributed by atoms with E-state index in [1.165, 1.54) is 18.2 Å². The molecule has 0 radical (unpaired) electrons. The maximum absolute atomic E-state index is 13.5.